The Bertz CT molecular complexity index is 781. The van der Waals surface area contributed by atoms with Gasteiger partial charge in [-0.1, -0.05) is 0 Å². The summed E-state index contributed by atoms with van der Waals surface area (Å²) in [4.78, 5) is 2.42. The molecule has 0 unspecified atom stereocenters. The number of aryl methyl sites for hydroxylation is 1. The van der Waals surface area contributed by atoms with E-state index in [1.54, 1.807) is 20.5 Å². The summed E-state index contributed by atoms with van der Waals surface area (Å²) in [5, 5.41) is 8.17. The van der Waals surface area contributed by atoms with Crippen LogP contribution in [0.2, 0.25) is 0 Å². The highest BCUT2D eigenvalue weighted by atomic mass is 16.5. The van der Waals surface area contributed by atoms with Crippen molar-refractivity contribution >= 4 is 0 Å². The smallest absolute Gasteiger partial charge is 0.161 e. The Morgan fingerprint density at radius 1 is 1.15 bits per heavy atom. The van der Waals surface area contributed by atoms with Crippen molar-refractivity contribution in [2.45, 2.75) is 31.4 Å². The van der Waals surface area contributed by atoms with E-state index < -0.39 is 0 Å². The number of ether oxygens (including phenoxy) is 3. The molecule has 2 aromatic rings. The number of likely N-dealkylation sites (tertiary alicyclic amines) is 1. The maximum absolute atomic E-state index is 6.36. The molecule has 3 heterocycles. The third-order valence-electron chi connectivity index (χ3n) is 5.68. The van der Waals surface area contributed by atoms with Crippen LogP contribution in [0.5, 0.6) is 11.5 Å². The summed E-state index contributed by atoms with van der Waals surface area (Å²) in [7, 11) is 5.36. The summed E-state index contributed by atoms with van der Waals surface area (Å²) in [6, 6.07) is 4.23. The normalized spacial score (nSPS) is 19.3. The van der Waals surface area contributed by atoms with E-state index in [2.05, 4.69) is 27.2 Å². The lowest BCUT2D eigenvalue weighted by Crippen LogP contribution is -2.46. The zero-order valence-electron chi connectivity index (χ0n) is 15.7. The predicted molar refractivity (Wildman–Crippen MR) is 96.4 cm³/mol. The number of fused-ring (bicyclic) bond motifs is 2. The van der Waals surface area contributed by atoms with E-state index in [1.807, 2.05) is 11.6 Å². The number of hydrogen-bond acceptors (Lipinski definition) is 6. The van der Waals surface area contributed by atoms with Gasteiger partial charge in [-0.2, -0.15) is 0 Å². The van der Waals surface area contributed by atoms with Gasteiger partial charge in [0.15, 0.2) is 11.5 Å². The van der Waals surface area contributed by atoms with Crippen LogP contribution in [-0.2, 0) is 30.4 Å². The zero-order chi connectivity index (χ0) is 18.1. The van der Waals surface area contributed by atoms with Crippen molar-refractivity contribution < 1.29 is 14.2 Å². The molecule has 4 rings (SSSR count). The fourth-order valence-corrected chi connectivity index (χ4v) is 4.12. The molecule has 1 aromatic heterocycles. The first-order chi connectivity index (χ1) is 12.6. The second-order valence-corrected chi connectivity index (χ2v) is 7.09. The first-order valence-electron chi connectivity index (χ1n) is 9.10. The van der Waals surface area contributed by atoms with Crippen LogP contribution < -0.4 is 9.47 Å². The second-order valence-electron chi connectivity index (χ2n) is 7.09. The van der Waals surface area contributed by atoms with Gasteiger partial charge < -0.3 is 18.8 Å². The van der Waals surface area contributed by atoms with Gasteiger partial charge >= 0.3 is 0 Å². The van der Waals surface area contributed by atoms with E-state index in [0.29, 0.717) is 0 Å². The van der Waals surface area contributed by atoms with Gasteiger partial charge in [0.05, 0.1) is 33.0 Å². The molecule has 0 bridgehead atoms. The summed E-state index contributed by atoms with van der Waals surface area (Å²) < 4.78 is 19.3. The van der Waals surface area contributed by atoms with Crippen molar-refractivity contribution in [1.29, 1.82) is 0 Å². The summed E-state index contributed by atoms with van der Waals surface area (Å²) in [6.07, 6.45) is 4.60. The van der Waals surface area contributed by atoms with Gasteiger partial charge in [-0.05, 0) is 42.5 Å². The average molecular weight is 358 g/mol. The highest BCUT2D eigenvalue weighted by Gasteiger charge is 2.41. The van der Waals surface area contributed by atoms with Crippen molar-refractivity contribution in [2.75, 3.05) is 33.9 Å². The lowest BCUT2D eigenvalue weighted by molar-refractivity contribution is -0.0993. The SMILES string of the molecule is COc1cc2c(cc1OC)C1(CCN(Cc3nncn3C)CC1)OCC2. The minimum Gasteiger partial charge on any atom is -0.493 e. The van der Waals surface area contributed by atoms with Crippen LogP contribution in [0.25, 0.3) is 0 Å². The molecule has 1 spiro atoms. The topological polar surface area (TPSA) is 61.6 Å². The monoisotopic (exact) mass is 358 g/mol. The summed E-state index contributed by atoms with van der Waals surface area (Å²) in [5.41, 5.74) is 2.36. The summed E-state index contributed by atoms with van der Waals surface area (Å²) in [6.45, 7) is 3.53. The van der Waals surface area contributed by atoms with E-state index >= 15 is 0 Å². The number of nitrogens with zero attached hydrogens (tertiary/aromatic N) is 4. The van der Waals surface area contributed by atoms with Gasteiger partial charge in [0.25, 0.3) is 0 Å². The Morgan fingerprint density at radius 3 is 2.54 bits per heavy atom. The van der Waals surface area contributed by atoms with Crippen molar-refractivity contribution in [3.05, 3.63) is 35.4 Å². The van der Waals surface area contributed by atoms with Crippen LogP contribution >= 0.6 is 0 Å². The Hall–Kier alpha value is -2.12. The van der Waals surface area contributed by atoms with Crippen molar-refractivity contribution in [1.82, 2.24) is 19.7 Å². The molecule has 140 valence electrons. The van der Waals surface area contributed by atoms with Crippen molar-refractivity contribution in [2.24, 2.45) is 7.05 Å². The number of rotatable bonds is 4. The largest absolute Gasteiger partial charge is 0.493 e. The molecule has 0 N–H and O–H groups in total. The van der Waals surface area contributed by atoms with E-state index in [1.165, 1.54) is 11.1 Å². The average Bonchev–Trinajstić information content (AvgIpc) is 3.07. The second kappa shape index (κ2) is 6.89. The summed E-state index contributed by atoms with van der Waals surface area (Å²) in [5.74, 6) is 2.57. The Labute approximate surface area is 153 Å². The Morgan fingerprint density at radius 2 is 1.88 bits per heavy atom. The molecule has 2 aliphatic rings. The zero-order valence-corrected chi connectivity index (χ0v) is 15.7. The first kappa shape index (κ1) is 17.3. The van der Waals surface area contributed by atoms with Crippen LogP contribution in [0.4, 0.5) is 0 Å². The molecule has 2 aliphatic heterocycles. The molecule has 0 aliphatic carbocycles. The summed E-state index contributed by atoms with van der Waals surface area (Å²) >= 11 is 0. The quantitative estimate of drug-likeness (QED) is 0.832. The molecule has 7 heteroatoms. The maximum atomic E-state index is 6.36. The Kier molecular flexibility index (Phi) is 4.58. The van der Waals surface area contributed by atoms with Crippen LogP contribution in [0, 0.1) is 0 Å². The molecular formula is C19H26N4O3. The highest BCUT2D eigenvalue weighted by molar-refractivity contribution is 5.50. The van der Waals surface area contributed by atoms with Gasteiger partial charge in [-0.15, -0.1) is 10.2 Å². The molecular weight excluding hydrogens is 332 g/mol. The lowest BCUT2D eigenvalue weighted by Gasteiger charge is -2.45. The molecule has 0 amide bonds. The number of methoxy groups -OCH3 is 2. The minimum atomic E-state index is -0.219. The fraction of sp³-hybridized carbons (Fsp3) is 0.579. The molecule has 1 aromatic carbocycles. The number of aromatic nitrogens is 3. The van der Waals surface area contributed by atoms with Gasteiger partial charge in [-0.25, -0.2) is 0 Å². The van der Waals surface area contributed by atoms with Gasteiger partial charge in [-0.3, -0.25) is 4.90 Å². The lowest BCUT2D eigenvalue weighted by atomic mass is 9.79. The Balaban J connectivity index is 1.55. The maximum Gasteiger partial charge on any atom is 0.161 e. The van der Waals surface area contributed by atoms with E-state index in [-0.39, 0.29) is 5.60 Å². The van der Waals surface area contributed by atoms with E-state index in [9.17, 15) is 0 Å². The first-order valence-corrected chi connectivity index (χ1v) is 9.10. The molecule has 0 atom stereocenters. The third kappa shape index (κ3) is 2.95. The molecule has 0 radical (unpaired) electrons. The molecule has 1 saturated heterocycles. The fourth-order valence-electron chi connectivity index (χ4n) is 4.12. The number of piperidine rings is 1. The third-order valence-corrected chi connectivity index (χ3v) is 5.68. The molecule has 0 saturated carbocycles. The van der Waals surface area contributed by atoms with Gasteiger partial charge in [0.1, 0.15) is 12.2 Å². The molecule has 26 heavy (non-hydrogen) atoms. The van der Waals surface area contributed by atoms with E-state index in [0.717, 1.165) is 62.8 Å². The molecule has 7 nitrogen and oxygen atoms in total. The predicted octanol–water partition coefficient (Wildman–Crippen LogP) is 1.90. The van der Waals surface area contributed by atoms with Crippen LogP contribution in [0.3, 0.4) is 0 Å². The van der Waals surface area contributed by atoms with Crippen LogP contribution in [-0.4, -0.2) is 53.6 Å². The van der Waals surface area contributed by atoms with E-state index in [4.69, 9.17) is 14.2 Å². The minimum absolute atomic E-state index is 0.219. The standard InChI is InChI=1S/C19H26N4O3/c1-22-13-20-21-18(22)12-23-7-5-19(6-8-23)15-11-17(25-3)16(24-2)10-14(15)4-9-26-19/h10-11,13H,4-9,12H2,1-3H3. The van der Waals surface area contributed by atoms with Crippen LogP contribution in [0.1, 0.15) is 29.8 Å². The van der Waals surface area contributed by atoms with Crippen molar-refractivity contribution in [3.8, 4) is 11.5 Å². The van der Waals surface area contributed by atoms with Crippen molar-refractivity contribution in [3.63, 3.8) is 0 Å². The number of hydrogen-bond donors (Lipinski definition) is 0. The van der Waals surface area contributed by atoms with Crippen LogP contribution in [0.15, 0.2) is 18.5 Å². The number of benzene rings is 1. The molecule has 1 fully saturated rings. The van der Waals surface area contributed by atoms with Gasteiger partial charge in [0, 0.05) is 20.1 Å². The van der Waals surface area contributed by atoms with Gasteiger partial charge in [0.2, 0.25) is 0 Å². The highest BCUT2D eigenvalue weighted by Crippen LogP contribution is 2.45.